The number of hydrogen-bond donors (Lipinski definition) is 4. The molecule has 0 aliphatic carbocycles. The highest BCUT2D eigenvalue weighted by Gasteiger charge is 2.30. The second kappa shape index (κ2) is 11.8. The van der Waals surface area contributed by atoms with Crippen LogP contribution in [0, 0.1) is 10.1 Å². The molecule has 6 rings (SSSR count). The van der Waals surface area contributed by atoms with Crippen molar-refractivity contribution in [2.75, 3.05) is 23.7 Å². The minimum atomic E-state index is -0.586. The van der Waals surface area contributed by atoms with Gasteiger partial charge in [0.15, 0.2) is 0 Å². The molecule has 0 atom stereocenters. The van der Waals surface area contributed by atoms with Crippen LogP contribution in [0.3, 0.4) is 0 Å². The summed E-state index contributed by atoms with van der Waals surface area (Å²) in [6.07, 6.45) is 4.77. The first-order chi connectivity index (χ1) is 21.2. The molecule has 0 spiro atoms. The van der Waals surface area contributed by atoms with E-state index in [-0.39, 0.29) is 22.9 Å². The van der Waals surface area contributed by atoms with Crippen LogP contribution in [-0.2, 0) is 20.8 Å². The molecular weight excluding hydrogens is 564 g/mol. The molecule has 0 bridgehead atoms. The summed E-state index contributed by atoms with van der Waals surface area (Å²) in [5, 5.41) is 22.3. The monoisotopic (exact) mass is 592 g/mol. The highest BCUT2D eigenvalue weighted by atomic mass is 16.6. The number of likely N-dealkylation sites (tertiary alicyclic amines) is 1. The zero-order chi connectivity index (χ0) is 30.8. The number of nitrogens with zero attached hydrogens (tertiary/aromatic N) is 2. The quantitative estimate of drug-likeness (QED) is 0.131. The number of anilines is 2. The number of amides is 5. The Hall–Kier alpha value is -5.78. The Balaban J connectivity index is 1.32. The number of nitro groups is 1. The maximum atomic E-state index is 13.3. The van der Waals surface area contributed by atoms with Gasteiger partial charge in [0.05, 0.1) is 16.2 Å². The molecular formula is C32H28N6O6. The zero-order valence-electron chi connectivity index (χ0n) is 23.5. The number of piperidine rings is 1. The lowest BCUT2D eigenvalue weighted by Crippen LogP contribution is -2.36. The van der Waals surface area contributed by atoms with Crippen LogP contribution < -0.4 is 21.3 Å². The van der Waals surface area contributed by atoms with Crippen molar-refractivity contribution in [2.45, 2.75) is 25.7 Å². The van der Waals surface area contributed by atoms with Gasteiger partial charge in [0.1, 0.15) is 5.70 Å². The normalized spacial score (nSPS) is 18.1. The van der Waals surface area contributed by atoms with Crippen molar-refractivity contribution in [3.8, 4) is 0 Å². The molecule has 0 radical (unpaired) electrons. The van der Waals surface area contributed by atoms with E-state index >= 15 is 0 Å². The topological polar surface area (TPSA) is 163 Å². The molecule has 3 aromatic carbocycles. The maximum absolute atomic E-state index is 13.3. The Kier molecular flexibility index (Phi) is 7.63. The molecule has 222 valence electrons. The molecule has 12 nitrogen and oxygen atoms in total. The predicted molar refractivity (Wildman–Crippen MR) is 164 cm³/mol. The standard InChI is InChI=1S/C32H28N6O6/c39-27-3-1-2-15-37(27)16-14-19-4-8-21(9-5-19)29(28-24-18-23(38(43)44)12-13-25(24)34-31(28)41)33-22-10-6-20(7-11-22)17-26-30(40)36-32(42)35-26/h4-13,17-18,33H,1-3,14-16H2,(H,34,41)(H2,35,36,40,42)/b26-17-,29-28?. The van der Waals surface area contributed by atoms with E-state index in [9.17, 15) is 29.3 Å². The third-order valence-electron chi connectivity index (χ3n) is 7.75. The third kappa shape index (κ3) is 5.91. The fourth-order valence-electron chi connectivity index (χ4n) is 5.45. The van der Waals surface area contributed by atoms with Crippen LogP contribution in [0.15, 0.2) is 72.4 Å². The fraction of sp³-hybridized carbons (Fsp3) is 0.188. The molecule has 4 N–H and O–H groups in total. The van der Waals surface area contributed by atoms with Gasteiger partial charge in [-0.25, -0.2) is 4.79 Å². The second-order valence-electron chi connectivity index (χ2n) is 10.7. The third-order valence-corrected chi connectivity index (χ3v) is 7.75. The molecule has 3 aliphatic heterocycles. The number of nitrogens with one attached hydrogen (secondary N) is 4. The number of rotatable bonds is 8. The summed E-state index contributed by atoms with van der Waals surface area (Å²) >= 11 is 0. The van der Waals surface area contributed by atoms with E-state index in [1.165, 1.54) is 18.2 Å². The number of carbonyl (C=O) groups is 4. The zero-order valence-corrected chi connectivity index (χ0v) is 23.5. The first-order valence-corrected chi connectivity index (χ1v) is 14.2. The minimum Gasteiger partial charge on any atom is -0.354 e. The average molecular weight is 593 g/mol. The number of urea groups is 1. The number of non-ortho nitro benzene ring substituents is 1. The lowest BCUT2D eigenvalue weighted by molar-refractivity contribution is -0.384. The van der Waals surface area contributed by atoms with Crippen molar-refractivity contribution < 1.29 is 24.1 Å². The fourth-order valence-corrected chi connectivity index (χ4v) is 5.45. The molecule has 3 heterocycles. The summed E-state index contributed by atoms with van der Waals surface area (Å²) in [6, 6.07) is 18.3. The van der Waals surface area contributed by atoms with Gasteiger partial charge in [0.25, 0.3) is 17.5 Å². The lowest BCUT2D eigenvalue weighted by atomic mass is 9.98. The van der Waals surface area contributed by atoms with Crippen molar-refractivity contribution in [1.29, 1.82) is 0 Å². The van der Waals surface area contributed by atoms with Gasteiger partial charge in [0.2, 0.25) is 5.91 Å². The van der Waals surface area contributed by atoms with Crippen LogP contribution >= 0.6 is 0 Å². The maximum Gasteiger partial charge on any atom is 0.326 e. The van der Waals surface area contributed by atoms with Crippen LogP contribution in [0.5, 0.6) is 0 Å². The van der Waals surface area contributed by atoms with Gasteiger partial charge < -0.3 is 20.9 Å². The van der Waals surface area contributed by atoms with Gasteiger partial charge in [-0.05, 0) is 60.2 Å². The van der Waals surface area contributed by atoms with E-state index < -0.39 is 22.8 Å². The molecule has 0 saturated carbocycles. The van der Waals surface area contributed by atoms with Crippen molar-refractivity contribution in [3.63, 3.8) is 0 Å². The molecule has 12 heteroatoms. The minimum absolute atomic E-state index is 0.129. The van der Waals surface area contributed by atoms with E-state index in [0.717, 1.165) is 24.9 Å². The highest BCUT2D eigenvalue weighted by molar-refractivity contribution is 6.37. The van der Waals surface area contributed by atoms with Gasteiger partial charge in [-0.1, -0.05) is 36.4 Å². The predicted octanol–water partition coefficient (Wildman–Crippen LogP) is 4.26. The van der Waals surface area contributed by atoms with Crippen molar-refractivity contribution in [2.24, 2.45) is 0 Å². The molecule has 2 fully saturated rings. The first kappa shape index (κ1) is 28.3. The van der Waals surface area contributed by atoms with Crippen molar-refractivity contribution >= 4 is 58.2 Å². The van der Waals surface area contributed by atoms with Crippen LogP contribution in [0.4, 0.5) is 21.9 Å². The highest BCUT2D eigenvalue weighted by Crippen LogP contribution is 2.39. The summed E-state index contributed by atoms with van der Waals surface area (Å²) in [5.74, 6) is -0.738. The van der Waals surface area contributed by atoms with Gasteiger partial charge >= 0.3 is 6.03 Å². The van der Waals surface area contributed by atoms with Crippen molar-refractivity contribution in [3.05, 3.63) is 105 Å². The lowest BCUT2D eigenvalue weighted by Gasteiger charge is -2.26. The van der Waals surface area contributed by atoms with Crippen LogP contribution in [0.2, 0.25) is 0 Å². The Bertz CT molecular complexity index is 1760. The van der Waals surface area contributed by atoms with Gasteiger partial charge in [-0.15, -0.1) is 0 Å². The largest absolute Gasteiger partial charge is 0.354 e. The summed E-state index contributed by atoms with van der Waals surface area (Å²) in [5.41, 5.74) is 4.57. The van der Waals surface area contributed by atoms with Gasteiger partial charge in [-0.2, -0.15) is 0 Å². The van der Waals surface area contributed by atoms with E-state index in [0.29, 0.717) is 53.1 Å². The SMILES string of the molecule is O=C1NC(=O)/C(=C/c2ccc(NC(=C3C(=O)Nc4ccc([N+](=O)[O-])cc43)c3ccc(CCN4CCCCC4=O)cc3)cc2)N1. The molecule has 5 amide bonds. The molecule has 44 heavy (non-hydrogen) atoms. The number of fused-ring (bicyclic) bond motifs is 1. The number of nitro benzene ring substituents is 1. The molecule has 2 saturated heterocycles. The second-order valence-corrected chi connectivity index (χ2v) is 10.7. The molecule has 0 aromatic heterocycles. The number of benzene rings is 3. The molecule has 3 aromatic rings. The van der Waals surface area contributed by atoms with Crippen LogP contribution in [0.1, 0.15) is 41.5 Å². The number of carbonyl (C=O) groups excluding carboxylic acids is 4. The average Bonchev–Trinajstić information content (AvgIpc) is 3.52. The summed E-state index contributed by atoms with van der Waals surface area (Å²) < 4.78 is 0. The number of imide groups is 1. The Morgan fingerprint density at radius 3 is 2.36 bits per heavy atom. The Labute approximate surface area is 252 Å². The van der Waals surface area contributed by atoms with E-state index in [4.69, 9.17) is 0 Å². The summed E-state index contributed by atoms with van der Waals surface area (Å²) in [6.45, 7) is 1.41. The van der Waals surface area contributed by atoms with Crippen molar-refractivity contribution in [1.82, 2.24) is 15.5 Å². The smallest absolute Gasteiger partial charge is 0.326 e. The number of hydrogen-bond acceptors (Lipinski definition) is 7. The van der Waals surface area contributed by atoms with E-state index in [2.05, 4.69) is 21.3 Å². The van der Waals surface area contributed by atoms with E-state index in [1.807, 2.05) is 29.2 Å². The first-order valence-electron chi connectivity index (χ1n) is 14.2. The Morgan fingerprint density at radius 1 is 0.909 bits per heavy atom. The molecule has 3 aliphatic rings. The van der Waals surface area contributed by atoms with Gasteiger partial charge in [-0.3, -0.25) is 29.8 Å². The van der Waals surface area contributed by atoms with E-state index in [1.54, 1.807) is 30.3 Å². The summed E-state index contributed by atoms with van der Waals surface area (Å²) in [4.78, 5) is 61.7. The summed E-state index contributed by atoms with van der Waals surface area (Å²) in [7, 11) is 0. The Morgan fingerprint density at radius 2 is 1.68 bits per heavy atom. The van der Waals surface area contributed by atoms with Crippen LogP contribution in [-0.4, -0.2) is 46.7 Å². The van der Waals surface area contributed by atoms with Gasteiger partial charge in [0, 0.05) is 48.6 Å². The molecule has 0 unspecified atom stereocenters. The van der Waals surface area contributed by atoms with Crippen LogP contribution in [0.25, 0.3) is 17.3 Å².